The molecule has 4 nitrogen and oxygen atoms in total. The zero-order chi connectivity index (χ0) is 19.8. The Balaban J connectivity index is 1.56. The molecule has 1 N–H and O–H groups in total. The lowest BCUT2D eigenvalue weighted by Gasteiger charge is -2.10. The van der Waals surface area contributed by atoms with Crippen molar-refractivity contribution in [2.45, 2.75) is 25.0 Å². The lowest BCUT2D eigenvalue weighted by atomic mass is 10.1. The third-order valence-electron chi connectivity index (χ3n) is 4.26. The van der Waals surface area contributed by atoms with Gasteiger partial charge in [-0.05, 0) is 35.4 Å². The maximum atomic E-state index is 12.5. The summed E-state index contributed by atoms with van der Waals surface area (Å²) >= 11 is 0. The molecule has 3 aromatic rings. The highest BCUT2D eigenvalue weighted by molar-refractivity contribution is 7.85. The molecule has 3 rings (SSSR count). The molecule has 1 amide bonds. The molecule has 0 bridgehead atoms. The van der Waals surface area contributed by atoms with Crippen LogP contribution in [0.2, 0.25) is 0 Å². The van der Waals surface area contributed by atoms with Crippen LogP contribution >= 0.6 is 0 Å². The summed E-state index contributed by atoms with van der Waals surface area (Å²) in [7, 11) is -1.17. The summed E-state index contributed by atoms with van der Waals surface area (Å²) < 4.78 is 17.9. The zero-order valence-electron chi connectivity index (χ0n) is 15.8. The molecule has 0 saturated carbocycles. The molecule has 0 aromatic heterocycles. The Morgan fingerprint density at radius 3 is 2.25 bits per heavy atom. The highest BCUT2D eigenvalue weighted by Gasteiger charge is 2.14. The van der Waals surface area contributed by atoms with E-state index in [9.17, 15) is 9.00 Å². The number of carbonyl (C=O) groups excluding carboxylic acids is 1. The summed E-state index contributed by atoms with van der Waals surface area (Å²) in [6, 6.07) is 24.6. The molecular formula is C23H23NO3S. The first-order valence-corrected chi connectivity index (χ1v) is 10.5. The van der Waals surface area contributed by atoms with Crippen molar-refractivity contribution in [3.63, 3.8) is 0 Å². The normalized spacial score (nSPS) is 11.6. The van der Waals surface area contributed by atoms with Crippen LogP contribution in [0.15, 0.2) is 83.8 Å². The Bertz CT molecular complexity index is 940. The second kappa shape index (κ2) is 9.85. The molecule has 1 atom stereocenters. The van der Waals surface area contributed by atoms with Gasteiger partial charge in [0.05, 0.1) is 21.3 Å². The molecule has 3 aromatic carbocycles. The summed E-state index contributed by atoms with van der Waals surface area (Å²) in [5, 5.41) is 2.91. The molecule has 0 aliphatic rings. The van der Waals surface area contributed by atoms with Gasteiger partial charge < -0.3 is 10.1 Å². The number of hydrogen-bond donors (Lipinski definition) is 1. The molecule has 5 heteroatoms. The van der Waals surface area contributed by atoms with E-state index < -0.39 is 10.8 Å². The van der Waals surface area contributed by atoms with Gasteiger partial charge in [0.15, 0.2) is 0 Å². The van der Waals surface area contributed by atoms with Crippen molar-refractivity contribution in [2.24, 2.45) is 0 Å². The van der Waals surface area contributed by atoms with Crippen molar-refractivity contribution in [3.8, 4) is 5.75 Å². The Morgan fingerprint density at radius 2 is 1.54 bits per heavy atom. The minimum Gasteiger partial charge on any atom is -0.489 e. The highest BCUT2D eigenvalue weighted by atomic mass is 32.2. The van der Waals surface area contributed by atoms with Gasteiger partial charge in [0.1, 0.15) is 12.4 Å². The van der Waals surface area contributed by atoms with E-state index in [1.165, 1.54) is 0 Å². The average Bonchev–Trinajstić information content (AvgIpc) is 2.77. The van der Waals surface area contributed by atoms with Crippen LogP contribution in [0.1, 0.15) is 28.4 Å². The summed E-state index contributed by atoms with van der Waals surface area (Å²) in [6.45, 7) is 2.74. The van der Waals surface area contributed by atoms with Crippen LogP contribution in [0, 0.1) is 0 Å². The van der Waals surface area contributed by atoms with Crippen molar-refractivity contribution in [1.29, 1.82) is 0 Å². The van der Waals surface area contributed by atoms with Gasteiger partial charge in [0.25, 0.3) is 5.91 Å². The van der Waals surface area contributed by atoms with E-state index >= 15 is 0 Å². The molecule has 0 saturated heterocycles. The van der Waals surface area contributed by atoms with Gasteiger partial charge in [-0.3, -0.25) is 9.00 Å². The fraction of sp³-hybridized carbons (Fsp3) is 0.174. The first-order valence-electron chi connectivity index (χ1n) is 9.18. The van der Waals surface area contributed by atoms with Crippen LogP contribution in [-0.4, -0.2) is 15.9 Å². The molecule has 0 aliphatic carbocycles. The predicted molar refractivity (Wildman–Crippen MR) is 112 cm³/mol. The molecule has 0 spiro atoms. The van der Waals surface area contributed by atoms with E-state index in [0.29, 0.717) is 29.4 Å². The number of ether oxygens (including phenoxy) is 1. The smallest absolute Gasteiger partial charge is 0.252 e. The van der Waals surface area contributed by atoms with Gasteiger partial charge in [-0.25, -0.2) is 0 Å². The Labute approximate surface area is 168 Å². The van der Waals surface area contributed by atoms with Gasteiger partial charge in [-0.2, -0.15) is 0 Å². The number of rotatable bonds is 8. The van der Waals surface area contributed by atoms with Crippen molar-refractivity contribution >= 4 is 16.7 Å². The van der Waals surface area contributed by atoms with Crippen molar-refractivity contribution in [2.75, 3.05) is 5.75 Å². The molecule has 0 heterocycles. The molecular weight excluding hydrogens is 370 g/mol. The third kappa shape index (κ3) is 5.30. The van der Waals surface area contributed by atoms with Crippen molar-refractivity contribution in [3.05, 3.63) is 95.6 Å². The van der Waals surface area contributed by atoms with E-state index in [1.807, 2.05) is 61.5 Å². The second-order valence-electron chi connectivity index (χ2n) is 6.23. The molecule has 144 valence electrons. The largest absolute Gasteiger partial charge is 0.489 e. The Hall–Kier alpha value is -2.92. The van der Waals surface area contributed by atoms with E-state index in [2.05, 4.69) is 5.32 Å². The van der Waals surface area contributed by atoms with Crippen LogP contribution in [0.5, 0.6) is 5.75 Å². The number of hydrogen-bond acceptors (Lipinski definition) is 3. The quantitative estimate of drug-likeness (QED) is 0.620. The second-order valence-corrected chi connectivity index (χ2v) is 7.94. The third-order valence-corrected chi connectivity index (χ3v) is 5.63. The SMILES string of the molecule is CCS(=O)c1ccccc1C(=O)NCc1ccc(COc2ccccc2)cc1. The predicted octanol–water partition coefficient (Wildman–Crippen LogP) is 4.32. The fourth-order valence-electron chi connectivity index (χ4n) is 2.72. The van der Waals surface area contributed by atoms with Gasteiger partial charge >= 0.3 is 0 Å². The molecule has 28 heavy (non-hydrogen) atoms. The molecule has 0 aliphatic heterocycles. The monoisotopic (exact) mass is 393 g/mol. The number of para-hydroxylation sites is 1. The minimum atomic E-state index is -1.17. The first kappa shape index (κ1) is 19.8. The topological polar surface area (TPSA) is 55.4 Å². The summed E-state index contributed by atoms with van der Waals surface area (Å²) in [6.07, 6.45) is 0. The van der Waals surface area contributed by atoms with Crippen LogP contribution in [-0.2, 0) is 24.0 Å². The van der Waals surface area contributed by atoms with E-state index in [4.69, 9.17) is 4.74 Å². The van der Waals surface area contributed by atoms with Crippen LogP contribution in [0.3, 0.4) is 0 Å². The van der Waals surface area contributed by atoms with Crippen LogP contribution in [0.25, 0.3) is 0 Å². The van der Waals surface area contributed by atoms with Gasteiger partial charge in [-0.15, -0.1) is 0 Å². The fourth-order valence-corrected chi connectivity index (χ4v) is 3.67. The Kier molecular flexibility index (Phi) is 6.98. The maximum Gasteiger partial charge on any atom is 0.252 e. The van der Waals surface area contributed by atoms with E-state index in [1.54, 1.807) is 24.3 Å². The van der Waals surface area contributed by atoms with Gasteiger partial charge in [0.2, 0.25) is 0 Å². The number of amides is 1. The Morgan fingerprint density at radius 1 is 0.893 bits per heavy atom. The standard InChI is InChI=1S/C23H23NO3S/c1-2-28(26)22-11-7-6-10-21(22)23(25)24-16-18-12-14-19(15-13-18)17-27-20-8-4-3-5-9-20/h3-15H,2,16-17H2,1H3,(H,24,25). The van der Waals surface area contributed by atoms with Gasteiger partial charge in [-0.1, -0.05) is 61.5 Å². The molecule has 1 unspecified atom stereocenters. The van der Waals surface area contributed by atoms with E-state index in [-0.39, 0.29) is 5.91 Å². The van der Waals surface area contributed by atoms with E-state index in [0.717, 1.165) is 16.9 Å². The highest BCUT2D eigenvalue weighted by Crippen LogP contribution is 2.15. The van der Waals surface area contributed by atoms with Crippen LogP contribution in [0.4, 0.5) is 0 Å². The molecule has 0 fully saturated rings. The van der Waals surface area contributed by atoms with Crippen molar-refractivity contribution in [1.82, 2.24) is 5.32 Å². The van der Waals surface area contributed by atoms with Gasteiger partial charge in [0, 0.05) is 12.3 Å². The summed E-state index contributed by atoms with van der Waals surface area (Å²) in [4.78, 5) is 13.1. The lowest BCUT2D eigenvalue weighted by molar-refractivity contribution is 0.0948. The first-order chi connectivity index (χ1) is 13.7. The zero-order valence-corrected chi connectivity index (χ0v) is 16.6. The molecule has 0 radical (unpaired) electrons. The average molecular weight is 394 g/mol. The number of benzene rings is 3. The number of nitrogens with one attached hydrogen (secondary N) is 1. The number of carbonyl (C=O) groups is 1. The van der Waals surface area contributed by atoms with Crippen molar-refractivity contribution < 1.29 is 13.7 Å². The van der Waals surface area contributed by atoms with Crippen LogP contribution < -0.4 is 10.1 Å². The lowest BCUT2D eigenvalue weighted by Crippen LogP contribution is -2.24. The minimum absolute atomic E-state index is 0.214. The summed E-state index contributed by atoms with van der Waals surface area (Å²) in [5.74, 6) is 1.10. The summed E-state index contributed by atoms with van der Waals surface area (Å²) in [5.41, 5.74) is 2.52. The maximum absolute atomic E-state index is 12.5.